The summed E-state index contributed by atoms with van der Waals surface area (Å²) >= 11 is 8.38. The fraction of sp³-hybridized carbons (Fsp3) is 0.300. The van der Waals surface area contributed by atoms with Gasteiger partial charge in [-0.1, -0.05) is 0 Å². The van der Waals surface area contributed by atoms with E-state index in [4.69, 9.17) is 12.2 Å². The summed E-state index contributed by atoms with van der Waals surface area (Å²) in [6.07, 6.45) is 2.35. The van der Waals surface area contributed by atoms with Crippen LogP contribution in [0.5, 0.6) is 0 Å². The molecule has 5 heteroatoms. The van der Waals surface area contributed by atoms with E-state index in [1.165, 1.54) is 25.0 Å². The lowest BCUT2D eigenvalue weighted by Crippen LogP contribution is -2.30. The molecule has 0 spiro atoms. The van der Waals surface area contributed by atoms with Crippen molar-refractivity contribution >= 4 is 38.9 Å². The predicted octanol–water partition coefficient (Wildman–Crippen LogP) is 3.04. The van der Waals surface area contributed by atoms with Gasteiger partial charge < -0.3 is 10.6 Å². The maximum absolute atomic E-state index is 12.8. The third kappa shape index (κ3) is 3.14. The highest BCUT2D eigenvalue weighted by Gasteiger charge is 2.21. The zero-order valence-corrected chi connectivity index (χ0v) is 10.3. The van der Waals surface area contributed by atoms with Crippen LogP contribution in [0.3, 0.4) is 0 Å². The van der Waals surface area contributed by atoms with Gasteiger partial charge in [0.1, 0.15) is 5.82 Å². The number of anilines is 1. The lowest BCUT2D eigenvalue weighted by Gasteiger charge is -2.10. The summed E-state index contributed by atoms with van der Waals surface area (Å²) in [5.41, 5.74) is 0.773. The van der Waals surface area contributed by atoms with Gasteiger partial charge in [0, 0.05) is 10.5 Å². The Morgan fingerprint density at radius 2 is 2.20 bits per heavy atom. The Kier molecular flexibility index (Phi) is 3.21. The number of nitrogens with one attached hydrogen (secondary N) is 2. The minimum Gasteiger partial charge on any atom is -0.360 e. The van der Waals surface area contributed by atoms with Crippen molar-refractivity contribution in [3.8, 4) is 0 Å². The van der Waals surface area contributed by atoms with Gasteiger partial charge in [0.2, 0.25) is 0 Å². The van der Waals surface area contributed by atoms with E-state index in [0.29, 0.717) is 15.6 Å². The van der Waals surface area contributed by atoms with E-state index in [0.717, 1.165) is 5.69 Å². The molecule has 1 aliphatic carbocycles. The minimum atomic E-state index is -0.270. The molecule has 2 N–H and O–H groups in total. The zero-order chi connectivity index (χ0) is 10.8. The molecule has 0 atom stereocenters. The molecule has 0 saturated heterocycles. The van der Waals surface area contributed by atoms with E-state index in [1.807, 2.05) is 0 Å². The summed E-state index contributed by atoms with van der Waals surface area (Å²) in [6.45, 7) is 0. The molecule has 0 radical (unpaired) electrons. The molecule has 1 aromatic rings. The zero-order valence-electron chi connectivity index (χ0n) is 7.89. The standard InChI is InChI=1S/C10H10BrFN2S/c11-8-5-6(12)1-4-9(8)14-10(15)13-7-2-3-7/h1,4-5,7H,2-3H2,(H2,13,14,15). The van der Waals surface area contributed by atoms with Crippen molar-refractivity contribution in [2.75, 3.05) is 5.32 Å². The van der Waals surface area contributed by atoms with Gasteiger partial charge in [0.25, 0.3) is 0 Å². The lowest BCUT2D eigenvalue weighted by atomic mass is 10.3. The maximum atomic E-state index is 12.8. The van der Waals surface area contributed by atoms with Gasteiger partial charge >= 0.3 is 0 Å². The first-order valence-corrected chi connectivity index (χ1v) is 5.88. The highest BCUT2D eigenvalue weighted by atomic mass is 79.9. The molecular weight excluding hydrogens is 279 g/mol. The Labute approximate surface area is 101 Å². The van der Waals surface area contributed by atoms with Crippen molar-refractivity contribution in [1.29, 1.82) is 0 Å². The van der Waals surface area contributed by atoms with Crippen molar-refractivity contribution < 1.29 is 4.39 Å². The molecule has 0 aliphatic heterocycles. The molecule has 0 aromatic heterocycles. The number of halogens is 2. The predicted molar refractivity (Wildman–Crippen MR) is 66.5 cm³/mol. The van der Waals surface area contributed by atoms with Crippen LogP contribution in [0.2, 0.25) is 0 Å². The molecule has 1 fully saturated rings. The molecule has 2 rings (SSSR count). The largest absolute Gasteiger partial charge is 0.360 e. The topological polar surface area (TPSA) is 24.1 Å². The SMILES string of the molecule is Fc1ccc(NC(=S)NC2CC2)c(Br)c1. The van der Waals surface area contributed by atoms with Crippen LogP contribution < -0.4 is 10.6 Å². The fourth-order valence-electron chi connectivity index (χ4n) is 1.16. The molecule has 0 amide bonds. The maximum Gasteiger partial charge on any atom is 0.171 e. The van der Waals surface area contributed by atoms with Crippen LogP contribution in [0.1, 0.15) is 12.8 Å². The molecule has 80 valence electrons. The summed E-state index contributed by atoms with van der Waals surface area (Å²) in [5.74, 6) is -0.270. The van der Waals surface area contributed by atoms with Gasteiger partial charge in [0.15, 0.2) is 5.11 Å². The van der Waals surface area contributed by atoms with E-state index >= 15 is 0 Å². The Hall–Kier alpha value is -0.680. The van der Waals surface area contributed by atoms with Crippen molar-refractivity contribution in [2.24, 2.45) is 0 Å². The number of hydrogen-bond acceptors (Lipinski definition) is 1. The molecule has 15 heavy (non-hydrogen) atoms. The van der Waals surface area contributed by atoms with Crippen molar-refractivity contribution in [3.05, 3.63) is 28.5 Å². The summed E-state index contributed by atoms with van der Waals surface area (Å²) < 4.78 is 13.5. The van der Waals surface area contributed by atoms with Crippen LogP contribution in [0.15, 0.2) is 22.7 Å². The molecule has 1 saturated carbocycles. The second kappa shape index (κ2) is 4.45. The van der Waals surface area contributed by atoms with Gasteiger partial charge in [-0.05, 0) is 59.2 Å². The Morgan fingerprint density at radius 1 is 1.47 bits per heavy atom. The fourth-order valence-corrected chi connectivity index (χ4v) is 1.89. The van der Waals surface area contributed by atoms with Crippen molar-refractivity contribution in [1.82, 2.24) is 5.32 Å². The van der Waals surface area contributed by atoms with Gasteiger partial charge in [-0.15, -0.1) is 0 Å². The smallest absolute Gasteiger partial charge is 0.171 e. The first-order valence-electron chi connectivity index (χ1n) is 4.68. The van der Waals surface area contributed by atoms with Gasteiger partial charge in [-0.3, -0.25) is 0 Å². The summed E-state index contributed by atoms with van der Waals surface area (Å²) in [7, 11) is 0. The number of thiocarbonyl (C=S) groups is 1. The molecule has 0 unspecified atom stereocenters. The van der Waals surface area contributed by atoms with Crippen LogP contribution in [-0.2, 0) is 0 Å². The monoisotopic (exact) mass is 288 g/mol. The highest BCUT2D eigenvalue weighted by molar-refractivity contribution is 9.10. The first-order chi connectivity index (χ1) is 7.15. The van der Waals surface area contributed by atoms with Crippen molar-refractivity contribution in [2.45, 2.75) is 18.9 Å². The average Bonchev–Trinajstić information content (AvgIpc) is 2.94. The molecule has 0 heterocycles. The van der Waals surface area contributed by atoms with E-state index in [2.05, 4.69) is 26.6 Å². The molecule has 2 nitrogen and oxygen atoms in total. The van der Waals surface area contributed by atoms with Gasteiger partial charge in [-0.25, -0.2) is 4.39 Å². The number of rotatable bonds is 2. The summed E-state index contributed by atoms with van der Waals surface area (Å²) in [6, 6.07) is 4.97. The molecule has 0 bridgehead atoms. The Bertz CT molecular complexity index is 393. The van der Waals surface area contributed by atoms with Gasteiger partial charge in [0.05, 0.1) is 5.69 Å². The van der Waals surface area contributed by atoms with E-state index in [1.54, 1.807) is 6.07 Å². The third-order valence-corrected chi connectivity index (χ3v) is 2.97. The van der Waals surface area contributed by atoms with Crippen LogP contribution in [0.25, 0.3) is 0 Å². The molecule has 1 aromatic carbocycles. The Morgan fingerprint density at radius 3 is 2.80 bits per heavy atom. The minimum absolute atomic E-state index is 0.270. The van der Waals surface area contributed by atoms with Gasteiger partial charge in [-0.2, -0.15) is 0 Å². The number of benzene rings is 1. The van der Waals surface area contributed by atoms with Crippen molar-refractivity contribution in [3.63, 3.8) is 0 Å². The summed E-state index contributed by atoms with van der Waals surface area (Å²) in [5, 5.41) is 6.75. The second-order valence-corrected chi connectivity index (χ2v) is 4.76. The molecule has 1 aliphatic rings. The first kappa shape index (κ1) is 10.8. The third-order valence-electron chi connectivity index (χ3n) is 2.09. The average molecular weight is 289 g/mol. The molecular formula is C10H10BrFN2S. The van der Waals surface area contributed by atoms with Crippen LogP contribution in [0, 0.1) is 5.82 Å². The highest BCUT2D eigenvalue weighted by Crippen LogP contribution is 2.23. The summed E-state index contributed by atoms with van der Waals surface area (Å²) in [4.78, 5) is 0. The van der Waals surface area contributed by atoms with Crippen LogP contribution in [0.4, 0.5) is 10.1 Å². The van der Waals surface area contributed by atoms with E-state index in [-0.39, 0.29) is 5.82 Å². The quantitative estimate of drug-likeness (QED) is 0.818. The Balaban J connectivity index is 1.99. The van der Waals surface area contributed by atoms with Crippen LogP contribution >= 0.6 is 28.1 Å². The van der Waals surface area contributed by atoms with E-state index < -0.39 is 0 Å². The van der Waals surface area contributed by atoms with Crippen LogP contribution in [-0.4, -0.2) is 11.2 Å². The van der Waals surface area contributed by atoms with E-state index in [9.17, 15) is 4.39 Å². The lowest BCUT2D eigenvalue weighted by molar-refractivity contribution is 0.627. The second-order valence-electron chi connectivity index (χ2n) is 3.50. The normalized spacial score (nSPS) is 14.8. The number of hydrogen-bond donors (Lipinski definition) is 2.